The summed E-state index contributed by atoms with van der Waals surface area (Å²) in [6.07, 6.45) is 3.77. The van der Waals surface area contributed by atoms with Gasteiger partial charge in [-0.3, -0.25) is 14.5 Å². The second kappa shape index (κ2) is 10.3. The van der Waals surface area contributed by atoms with Gasteiger partial charge in [-0.1, -0.05) is 50.1 Å². The molecule has 30 heavy (non-hydrogen) atoms. The number of aryl methyl sites for hydroxylation is 1. The van der Waals surface area contributed by atoms with E-state index in [1.807, 2.05) is 31.2 Å². The van der Waals surface area contributed by atoms with Crippen LogP contribution in [0.25, 0.3) is 11.4 Å². The number of hydrogen-bond acceptors (Lipinski definition) is 5. The number of aromatic nitrogens is 3. The third kappa shape index (κ3) is 5.56. The van der Waals surface area contributed by atoms with Crippen LogP contribution in [-0.2, 0) is 20.8 Å². The Morgan fingerprint density at radius 3 is 2.67 bits per heavy atom. The SMILES string of the molecule is CCC[C@](C)(CCCNC(=O)Cn1c(-c2ccc(C)cc2)n[nH]c1=S)C1OCCO1. The first-order valence-corrected chi connectivity index (χ1v) is 11.1. The van der Waals surface area contributed by atoms with Gasteiger partial charge in [0.05, 0.1) is 13.2 Å². The smallest absolute Gasteiger partial charge is 0.240 e. The lowest BCUT2D eigenvalue weighted by molar-refractivity contribution is -0.133. The molecule has 7 nitrogen and oxygen atoms in total. The number of aromatic amines is 1. The van der Waals surface area contributed by atoms with Crippen LogP contribution in [0.3, 0.4) is 0 Å². The van der Waals surface area contributed by atoms with Gasteiger partial charge in [-0.05, 0) is 38.4 Å². The van der Waals surface area contributed by atoms with Gasteiger partial charge in [-0.15, -0.1) is 0 Å². The molecule has 2 N–H and O–H groups in total. The Kier molecular flexibility index (Phi) is 7.80. The van der Waals surface area contributed by atoms with Gasteiger partial charge in [0.15, 0.2) is 16.9 Å². The molecule has 1 aliphatic heterocycles. The first kappa shape index (κ1) is 22.7. The summed E-state index contributed by atoms with van der Waals surface area (Å²) in [4.78, 5) is 12.5. The zero-order chi connectivity index (χ0) is 21.6. The standard InChI is InChI=1S/C22H32N4O3S/c1-4-10-22(3,20-28-13-14-29-20)11-5-12-23-18(27)15-26-19(24-25-21(26)30)17-8-6-16(2)7-9-17/h6-9,20H,4-5,10-15H2,1-3H3,(H,23,27)(H,25,30)/t22-/m1/s1. The van der Waals surface area contributed by atoms with E-state index in [0.29, 0.717) is 30.4 Å². The average molecular weight is 433 g/mol. The van der Waals surface area contributed by atoms with Crippen LogP contribution in [-0.4, -0.2) is 46.7 Å². The molecule has 3 rings (SSSR count). The van der Waals surface area contributed by atoms with E-state index >= 15 is 0 Å². The molecule has 1 amide bonds. The van der Waals surface area contributed by atoms with Crippen LogP contribution in [0.15, 0.2) is 24.3 Å². The van der Waals surface area contributed by atoms with Crippen molar-refractivity contribution in [3.63, 3.8) is 0 Å². The van der Waals surface area contributed by atoms with Crippen molar-refractivity contribution in [2.75, 3.05) is 19.8 Å². The van der Waals surface area contributed by atoms with Gasteiger partial charge in [0.1, 0.15) is 6.54 Å². The van der Waals surface area contributed by atoms with E-state index in [-0.39, 0.29) is 24.2 Å². The minimum absolute atomic E-state index is 0.0261. The van der Waals surface area contributed by atoms with Gasteiger partial charge in [0, 0.05) is 17.5 Å². The third-order valence-electron chi connectivity index (χ3n) is 5.63. The Bertz CT molecular complexity index is 887. The molecular formula is C22H32N4O3S. The molecule has 1 aliphatic rings. The summed E-state index contributed by atoms with van der Waals surface area (Å²) in [5.41, 5.74) is 2.06. The maximum absolute atomic E-state index is 12.5. The average Bonchev–Trinajstić information content (AvgIpc) is 3.38. The van der Waals surface area contributed by atoms with E-state index in [4.69, 9.17) is 21.7 Å². The van der Waals surface area contributed by atoms with E-state index in [2.05, 4.69) is 29.4 Å². The summed E-state index contributed by atoms with van der Waals surface area (Å²) in [6.45, 7) is 8.49. The fourth-order valence-electron chi connectivity index (χ4n) is 4.00. The van der Waals surface area contributed by atoms with Crippen LogP contribution < -0.4 is 5.32 Å². The van der Waals surface area contributed by atoms with Crippen LogP contribution in [0.2, 0.25) is 0 Å². The zero-order valence-electron chi connectivity index (χ0n) is 18.1. The Hall–Kier alpha value is -2.03. The fourth-order valence-corrected chi connectivity index (χ4v) is 4.20. The summed E-state index contributed by atoms with van der Waals surface area (Å²) in [6, 6.07) is 8.00. The molecule has 0 unspecified atom stereocenters. The van der Waals surface area contributed by atoms with E-state index < -0.39 is 0 Å². The summed E-state index contributed by atoms with van der Waals surface area (Å²) in [7, 11) is 0. The molecule has 164 valence electrons. The van der Waals surface area contributed by atoms with Crippen molar-refractivity contribution in [2.45, 2.75) is 59.3 Å². The summed E-state index contributed by atoms with van der Waals surface area (Å²) < 4.78 is 13.7. The number of benzene rings is 1. The maximum Gasteiger partial charge on any atom is 0.240 e. The van der Waals surface area contributed by atoms with E-state index in [0.717, 1.165) is 31.2 Å². The Balaban J connectivity index is 1.53. The highest BCUT2D eigenvalue weighted by atomic mass is 32.1. The van der Waals surface area contributed by atoms with Crippen LogP contribution in [0.4, 0.5) is 0 Å². The van der Waals surface area contributed by atoms with Crippen molar-refractivity contribution >= 4 is 18.1 Å². The van der Waals surface area contributed by atoms with Gasteiger partial charge in [0.2, 0.25) is 5.91 Å². The van der Waals surface area contributed by atoms with Crippen LogP contribution in [0, 0.1) is 17.1 Å². The largest absolute Gasteiger partial charge is 0.355 e. The normalized spacial score (nSPS) is 16.5. The molecule has 0 bridgehead atoms. The molecule has 1 aromatic carbocycles. The molecule has 8 heteroatoms. The van der Waals surface area contributed by atoms with E-state index in [1.54, 1.807) is 4.57 Å². The second-order valence-electron chi connectivity index (χ2n) is 8.24. The molecule has 0 radical (unpaired) electrons. The van der Waals surface area contributed by atoms with Crippen LogP contribution in [0.5, 0.6) is 0 Å². The van der Waals surface area contributed by atoms with Crippen molar-refractivity contribution in [3.05, 3.63) is 34.6 Å². The molecular weight excluding hydrogens is 400 g/mol. The number of nitrogens with one attached hydrogen (secondary N) is 2. The lowest BCUT2D eigenvalue weighted by atomic mass is 9.80. The van der Waals surface area contributed by atoms with Crippen molar-refractivity contribution in [1.82, 2.24) is 20.1 Å². The maximum atomic E-state index is 12.5. The summed E-state index contributed by atoms with van der Waals surface area (Å²) >= 11 is 5.33. The molecule has 0 saturated carbocycles. The van der Waals surface area contributed by atoms with Gasteiger partial charge >= 0.3 is 0 Å². The minimum Gasteiger partial charge on any atom is -0.355 e. The van der Waals surface area contributed by atoms with Gasteiger partial charge in [-0.2, -0.15) is 5.10 Å². The molecule has 1 fully saturated rings. The quantitative estimate of drug-likeness (QED) is 0.438. The van der Waals surface area contributed by atoms with Crippen molar-refractivity contribution < 1.29 is 14.3 Å². The van der Waals surface area contributed by atoms with E-state index in [1.165, 1.54) is 5.56 Å². The van der Waals surface area contributed by atoms with Gasteiger partial charge in [0.25, 0.3) is 0 Å². The number of rotatable bonds is 10. The summed E-state index contributed by atoms with van der Waals surface area (Å²) in [5.74, 6) is 0.590. The highest BCUT2D eigenvalue weighted by Crippen LogP contribution is 2.37. The number of ether oxygens (including phenoxy) is 2. The van der Waals surface area contributed by atoms with Crippen molar-refractivity contribution in [2.24, 2.45) is 5.41 Å². The monoisotopic (exact) mass is 432 g/mol. The summed E-state index contributed by atoms with van der Waals surface area (Å²) in [5, 5.41) is 10.1. The van der Waals surface area contributed by atoms with Gasteiger partial charge in [-0.25, -0.2) is 0 Å². The number of amides is 1. The number of hydrogen-bond donors (Lipinski definition) is 2. The van der Waals surface area contributed by atoms with Crippen molar-refractivity contribution in [3.8, 4) is 11.4 Å². The predicted octanol–water partition coefficient (Wildman–Crippen LogP) is 3.99. The van der Waals surface area contributed by atoms with E-state index in [9.17, 15) is 4.79 Å². The number of carbonyl (C=O) groups excluding carboxylic acids is 1. The zero-order valence-corrected chi connectivity index (χ0v) is 18.9. The first-order valence-electron chi connectivity index (χ1n) is 10.6. The molecule has 0 aliphatic carbocycles. The lowest BCUT2D eigenvalue weighted by Crippen LogP contribution is -2.35. The highest BCUT2D eigenvalue weighted by molar-refractivity contribution is 7.71. The molecule has 1 aromatic heterocycles. The second-order valence-corrected chi connectivity index (χ2v) is 8.62. The first-order chi connectivity index (χ1) is 14.4. The molecule has 1 atom stereocenters. The molecule has 2 heterocycles. The Labute approximate surface area is 183 Å². The molecule has 1 saturated heterocycles. The molecule has 2 aromatic rings. The Morgan fingerprint density at radius 2 is 2.00 bits per heavy atom. The number of H-pyrrole nitrogens is 1. The third-order valence-corrected chi connectivity index (χ3v) is 5.94. The number of nitrogens with zero attached hydrogens (tertiary/aromatic N) is 2. The Morgan fingerprint density at radius 1 is 1.30 bits per heavy atom. The fraction of sp³-hybridized carbons (Fsp3) is 0.591. The van der Waals surface area contributed by atoms with Gasteiger partial charge < -0.3 is 14.8 Å². The van der Waals surface area contributed by atoms with Crippen LogP contribution in [0.1, 0.15) is 45.1 Å². The predicted molar refractivity (Wildman–Crippen MR) is 119 cm³/mol. The topological polar surface area (TPSA) is 81.2 Å². The minimum atomic E-state index is -0.144. The molecule has 0 spiro atoms. The number of carbonyl (C=O) groups is 1. The van der Waals surface area contributed by atoms with Crippen LogP contribution >= 0.6 is 12.2 Å². The highest BCUT2D eigenvalue weighted by Gasteiger charge is 2.37. The lowest BCUT2D eigenvalue weighted by Gasteiger charge is -2.34. The van der Waals surface area contributed by atoms with Crippen molar-refractivity contribution in [1.29, 1.82) is 0 Å².